The van der Waals surface area contributed by atoms with Crippen molar-refractivity contribution in [2.24, 2.45) is 0 Å². The van der Waals surface area contributed by atoms with Crippen molar-refractivity contribution >= 4 is 50.5 Å². The minimum absolute atomic E-state index is 0.693. The molecule has 2 aromatic carbocycles. The molecule has 0 saturated carbocycles. The quantitative estimate of drug-likeness (QED) is 0.768. The van der Waals surface area contributed by atoms with Crippen LogP contribution in [0.4, 0.5) is 11.4 Å². The second kappa shape index (κ2) is 6.70. The van der Waals surface area contributed by atoms with E-state index in [1.807, 2.05) is 50.5 Å². The van der Waals surface area contributed by atoms with Crippen molar-refractivity contribution in [2.45, 2.75) is 6.54 Å². The lowest BCUT2D eigenvalue weighted by Crippen LogP contribution is -2.12. The molecule has 0 spiro atoms. The zero-order chi connectivity index (χ0) is 14.7. The van der Waals surface area contributed by atoms with Crippen LogP contribution in [-0.4, -0.2) is 14.1 Å². The van der Waals surface area contributed by atoms with Crippen LogP contribution in [0, 0.1) is 0 Å². The number of nitrogens with one attached hydrogen (secondary N) is 1. The molecule has 0 bridgehead atoms. The largest absolute Gasteiger partial charge is 0.379 e. The molecule has 0 radical (unpaired) electrons. The molecule has 0 heterocycles. The van der Waals surface area contributed by atoms with Gasteiger partial charge in [0.2, 0.25) is 0 Å². The number of nitrogens with zero attached hydrogens (tertiary/aromatic N) is 1. The molecule has 0 aliphatic rings. The molecule has 20 heavy (non-hydrogen) atoms. The van der Waals surface area contributed by atoms with Gasteiger partial charge in [-0.15, -0.1) is 0 Å². The van der Waals surface area contributed by atoms with E-state index in [1.54, 1.807) is 0 Å². The zero-order valence-electron chi connectivity index (χ0n) is 11.3. The van der Waals surface area contributed by atoms with Gasteiger partial charge in [-0.1, -0.05) is 45.2 Å². The van der Waals surface area contributed by atoms with Crippen molar-refractivity contribution in [1.82, 2.24) is 0 Å². The number of hydrogen-bond acceptors (Lipinski definition) is 2. The number of rotatable bonds is 4. The number of halogens is 3. The monoisotopic (exact) mass is 372 g/mol. The maximum Gasteiger partial charge on any atom is 0.0597 e. The predicted octanol–water partition coefficient (Wildman–Crippen LogP) is 5.43. The second-order valence-electron chi connectivity index (χ2n) is 4.65. The van der Waals surface area contributed by atoms with Crippen LogP contribution in [0.3, 0.4) is 0 Å². The molecule has 2 aromatic rings. The lowest BCUT2D eigenvalue weighted by Gasteiger charge is -2.19. The Morgan fingerprint density at radius 1 is 1.05 bits per heavy atom. The summed E-state index contributed by atoms with van der Waals surface area (Å²) in [6.45, 7) is 0.693. The van der Waals surface area contributed by atoms with Gasteiger partial charge in [-0.2, -0.15) is 0 Å². The van der Waals surface area contributed by atoms with E-state index in [4.69, 9.17) is 23.2 Å². The molecule has 0 amide bonds. The Balaban J connectivity index is 2.20. The third-order valence-corrected chi connectivity index (χ3v) is 4.13. The van der Waals surface area contributed by atoms with Crippen LogP contribution in [0.25, 0.3) is 0 Å². The highest BCUT2D eigenvalue weighted by molar-refractivity contribution is 9.10. The van der Waals surface area contributed by atoms with Crippen molar-refractivity contribution in [2.75, 3.05) is 24.3 Å². The Morgan fingerprint density at radius 2 is 1.70 bits per heavy atom. The van der Waals surface area contributed by atoms with Gasteiger partial charge in [0.25, 0.3) is 0 Å². The Bertz CT molecular complexity index is 615. The molecule has 5 heteroatoms. The normalized spacial score (nSPS) is 10.4. The molecular formula is C15H15BrCl2N2. The first-order chi connectivity index (χ1) is 9.47. The highest BCUT2D eigenvalue weighted by atomic mass is 79.9. The van der Waals surface area contributed by atoms with Crippen LogP contribution in [0.5, 0.6) is 0 Å². The predicted molar refractivity (Wildman–Crippen MR) is 92.3 cm³/mol. The molecule has 0 atom stereocenters. The molecule has 106 valence electrons. The standard InChI is InChI=1S/C15H15BrCl2N2/c1-20(2)15-6-5-12(18)8-14(15)19-9-10-3-4-11(17)7-13(10)16/h3-8,19H,9H2,1-2H3. The van der Waals surface area contributed by atoms with E-state index in [9.17, 15) is 0 Å². The van der Waals surface area contributed by atoms with Crippen molar-refractivity contribution in [3.05, 3.63) is 56.5 Å². The topological polar surface area (TPSA) is 15.3 Å². The summed E-state index contributed by atoms with van der Waals surface area (Å²) in [6, 6.07) is 11.6. The molecule has 0 fully saturated rings. The average Bonchev–Trinajstić information content (AvgIpc) is 2.37. The first-order valence-electron chi connectivity index (χ1n) is 6.12. The van der Waals surface area contributed by atoms with E-state index >= 15 is 0 Å². The molecule has 0 unspecified atom stereocenters. The van der Waals surface area contributed by atoms with Crippen LogP contribution >= 0.6 is 39.1 Å². The summed E-state index contributed by atoms with van der Waals surface area (Å²) in [4.78, 5) is 2.05. The van der Waals surface area contributed by atoms with E-state index in [0.717, 1.165) is 26.4 Å². The number of benzene rings is 2. The van der Waals surface area contributed by atoms with E-state index in [1.165, 1.54) is 0 Å². The number of hydrogen-bond donors (Lipinski definition) is 1. The van der Waals surface area contributed by atoms with Gasteiger partial charge in [-0.05, 0) is 35.9 Å². The first-order valence-corrected chi connectivity index (χ1v) is 7.67. The fourth-order valence-electron chi connectivity index (χ4n) is 1.90. The maximum absolute atomic E-state index is 6.07. The van der Waals surface area contributed by atoms with Crippen LogP contribution in [0.2, 0.25) is 10.0 Å². The summed E-state index contributed by atoms with van der Waals surface area (Å²) in [5.41, 5.74) is 3.24. The van der Waals surface area contributed by atoms with Crippen molar-refractivity contribution < 1.29 is 0 Å². The Morgan fingerprint density at radius 3 is 2.35 bits per heavy atom. The first kappa shape index (κ1) is 15.5. The third kappa shape index (κ3) is 3.81. The summed E-state index contributed by atoms with van der Waals surface area (Å²) in [6.07, 6.45) is 0. The van der Waals surface area contributed by atoms with Gasteiger partial charge in [0.1, 0.15) is 0 Å². The van der Waals surface area contributed by atoms with Gasteiger partial charge < -0.3 is 10.2 Å². The van der Waals surface area contributed by atoms with Crippen molar-refractivity contribution in [3.63, 3.8) is 0 Å². The van der Waals surface area contributed by atoms with Crippen LogP contribution < -0.4 is 10.2 Å². The Labute approximate surface area is 137 Å². The molecule has 0 aromatic heterocycles. The molecule has 1 N–H and O–H groups in total. The number of anilines is 2. The SMILES string of the molecule is CN(C)c1ccc(Cl)cc1NCc1ccc(Cl)cc1Br. The van der Waals surface area contributed by atoms with Crippen LogP contribution in [0.1, 0.15) is 5.56 Å². The highest BCUT2D eigenvalue weighted by Gasteiger charge is 2.07. The molecule has 0 saturated heterocycles. The van der Waals surface area contributed by atoms with E-state index < -0.39 is 0 Å². The summed E-state index contributed by atoms with van der Waals surface area (Å²) >= 11 is 15.5. The van der Waals surface area contributed by atoms with Gasteiger partial charge in [0.15, 0.2) is 0 Å². The molecule has 2 nitrogen and oxygen atoms in total. The Hall–Kier alpha value is -0.900. The van der Waals surface area contributed by atoms with Gasteiger partial charge in [0.05, 0.1) is 11.4 Å². The van der Waals surface area contributed by atoms with E-state index in [2.05, 4.69) is 26.1 Å². The van der Waals surface area contributed by atoms with Crippen molar-refractivity contribution in [1.29, 1.82) is 0 Å². The smallest absolute Gasteiger partial charge is 0.0597 e. The fraction of sp³-hybridized carbons (Fsp3) is 0.200. The van der Waals surface area contributed by atoms with Gasteiger partial charge >= 0.3 is 0 Å². The summed E-state index contributed by atoms with van der Waals surface area (Å²) < 4.78 is 0.992. The second-order valence-corrected chi connectivity index (χ2v) is 6.37. The van der Waals surface area contributed by atoms with E-state index in [0.29, 0.717) is 11.6 Å². The molecular weight excluding hydrogens is 359 g/mol. The zero-order valence-corrected chi connectivity index (χ0v) is 14.4. The van der Waals surface area contributed by atoms with Gasteiger partial charge in [0, 0.05) is 35.2 Å². The minimum atomic E-state index is 0.693. The molecule has 2 rings (SSSR count). The summed E-state index contributed by atoms with van der Waals surface area (Å²) in [7, 11) is 4.01. The third-order valence-electron chi connectivity index (χ3n) is 2.92. The van der Waals surface area contributed by atoms with Crippen LogP contribution in [-0.2, 0) is 6.54 Å². The summed E-state index contributed by atoms with van der Waals surface area (Å²) in [5, 5.41) is 4.85. The van der Waals surface area contributed by atoms with Crippen LogP contribution in [0.15, 0.2) is 40.9 Å². The average molecular weight is 374 g/mol. The Kier molecular flexibility index (Phi) is 5.19. The highest BCUT2D eigenvalue weighted by Crippen LogP contribution is 2.29. The molecule has 0 aliphatic heterocycles. The molecule has 0 aliphatic carbocycles. The van der Waals surface area contributed by atoms with Gasteiger partial charge in [-0.25, -0.2) is 0 Å². The summed E-state index contributed by atoms with van der Waals surface area (Å²) in [5.74, 6) is 0. The van der Waals surface area contributed by atoms with E-state index in [-0.39, 0.29) is 0 Å². The lowest BCUT2D eigenvalue weighted by atomic mass is 10.2. The van der Waals surface area contributed by atoms with Gasteiger partial charge in [-0.3, -0.25) is 0 Å². The maximum atomic E-state index is 6.07. The minimum Gasteiger partial charge on any atom is -0.379 e. The lowest BCUT2D eigenvalue weighted by molar-refractivity contribution is 1.10. The van der Waals surface area contributed by atoms with Crippen molar-refractivity contribution in [3.8, 4) is 0 Å². The fourth-order valence-corrected chi connectivity index (χ4v) is 2.89.